The minimum atomic E-state index is -0.785. The van der Waals surface area contributed by atoms with Gasteiger partial charge >= 0.3 is 5.97 Å². The van der Waals surface area contributed by atoms with Gasteiger partial charge in [0.05, 0.1) is 23.5 Å². The lowest BCUT2D eigenvalue weighted by Gasteiger charge is -2.42. The standard InChI is InChI=1S/C19H25N5O3/c1-11-5-17-20-8-16(12(2)24(17)22-11)19(27)21-14-6-15(7-14)23(10-18(25)26)9-13-3-4-13/h5,8,13-15H,3-4,6-7,9-10H2,1-2H3,(H,21,27)(H,25,26). The van der Waals surface area contributed by atoms with Crippen LogP contribution in [0, 0.1) is 19.8 Å². The molecule has 8 heteroatoms. The summed E-state index contributed by atoms with van der Waals surface area (Å²) in [7, 11) is 0. The van der Waals surface area contributed by atoms with Crippen LogP contribution in [0.1, 0.15) is 47.4 Å². The summed E-state index contributed by atoms with van der Waals surface area (Å²) in [5, 5.41) is 16.6. The van der Waals surface area contributed by atoms with Gasteiger partial charge < -0.3 is 10.4 Å². The fourth-order valence-corrected chi connectivity index (χ4v) is 3.80. The summed E-state index contributed by atoms with van der Waals surface area (Å²) in [6.07, 6.45) is 5.58. The number of aliphatic carboxylic acids is 1. The van der Waals surface area contributed by atoms with E-state index in [1.54, 1.807) is 10.7 Å². The van der Waals surface area contributed by atoms with E-state index in [2.05, 4.69) is 20.3 Å². The molecule has 0 atom stereocenters. The van der Waals surface area contributed by atoms with Gasteiger partial charge in [-0.05, 0) is 45.4 Å². The van der Waals surface area contributed by atoms with Crippen molar-refractivity contribution in [3.05, 3.63) is 29.2 Å². The molecule has 8 nitrogen and oxygen atoms in total. The van der Waals surface area contributed by atoms with Crippen molar-refractivity contribution in [2.24, 2.45) is 5.92 Å². The van der Waals surface area contributed by atoms with Crippen molar-refractivity contribution in [1.82, 2.24) is 24.8 Å². The van der Waals surface area contributed by atoms with E-state index in [-0.39, 0.29) is 24.5 Å². The number of carbonyl (C=O) groups excluding carboxylic acids is 1. The van der Waals surface area contributed by atoms with Gasteiger partial charge in [-0.15, -0.1) is 0 Å². The third-order valence-corrected chi connectivity index (χ3v) is 5.58. The lowest BCUT2D eigenvalue weighted by molar-refractivity contribution is -0.139. The highest BCUT2D eigenvalue weighted by atomic mass is 16.4. The van der Waals surface area contributed by atoms with Crippen LogP contribution in [0.25, 0.3) is 5.65 Å². The van der Waals surface area contributed by atoms with Crippen molar-refractivity contribution in [2.45, 2.75) is 51.6 Å². The number of nitrogens with one attached hydrogen (secondary N) is 1. The van der Waals surface area contributed by atoms with E-state index in [4.69, 9.17) is 5.11 Å². The molecule has 144 valence electrons. The SMILES string of the molecule is Cc1cc2ncc(C(=O)NC3CC(N(CC(=O)O)CC4CC4)C3)c(C)n2n1. The number of carbonyl (C=O) groups is 2. The van der Waals surface area contributed by atoms with Gasteiger partial charge in [-0.25, -0.2) is 9.50 Å². The Hall–Kier alpha value is -2.48. The molecule has 2 aromatic heterocycles. The third-order valence-electron chi connectivity index (χ3n) is 5.58. The summed E-state index contributed by atoms with van der Waals surface area (Å²) in [6, 6.07) is 2.19. The van der Waals surface area contributed by atoms with Gasteiger partial charge in [0.2, 0.25) is 0 Å². The van der Waals surface area contributed by atoms with Crippen LogP contribution in [0.5, 0.6) is 0 Å². The van der Waals surface area contributed by atoms with Gasteiger partial charge in [0.15, 0.2) is 5.65 Å². The molecule has 4 rings (SSSR count). The number of carboxylic acids is 1. The molecule has 0 spiro atoms. The van der Waals surface area contributed by atoms with E-state index in [1.165, 1.54) is 12.8 Å². The molecule has 2 saturated carbocycles. The zero-order valence-electron chi connectivity index (χ0n) is 15.7. The molecule has 2 N–H and O–H groups in total. The van der Waals surface area contributed by atoms with Crippen molar-refractivity contribution in [1.29, 1.82) is 0 Å². The predicted octanol–water partition coefficient (Wildman–Crippen LogP) is 1.40. The third kappa shape index (κ3) is 3.80. The highest BCUT2D eigenvalue weighted by Gasteiger charge is 2.38. The first-order valence-electron chi connectivity index (χ1n) is 9.49. The second-order valence-electron chi connectivity index (χ2n) is 7.88. The zero-order chi connectivity index (χ0) is 19.1. The normalized spacial score (nSPS) is 22.0. The molecule has 0 radical (unpaired) electrons. The van der Waals surface area contributed by atoms with Crippen molar-refractivity contribution in [2.75, 3.05) is 13.1 Å². The van der Waals surface area contributed by atoms with Gasteiger partial charge in [-0.2, -0.15) is 5.10 Å². The van der Waals surface area contributed by atoms with Crippen LogP contribution in [-0.4, -0.2) is 61.7 Å². The minimum Gasteiger partial charge on any atom is -0.480 e. The highest BCUT2D eigenvalue weighted by Crippen LogP contribution is 2.33. The van der Waals surface area contributed by atoms with Crippen molar-refractivity contribution >= 4 is 17.5 Å². The van der Waals surface area contributed by atoms with E-state index in [1.807, 2.05) is 19.9 Å². The molecule has 0 aliphatic heterocycles. The van der Waals surface area contributed by atoms with Crippen LogP contribution >= 0.6 is 0 Å². The number of hydrogen-bond acceptors (Lipinski definition) is 5. The van der Waals surface area contributed by atoms with Gasteiger partial charge in [0, 0.05) is 30.9 Å². The molecule has 2 aromatic rings. The maximum Gasteiger partial charge on any atom is 0.317 e. The van der Waals surface area contributed by atoms with Crippen molar-refractivity contribution in [3.8, 4) is 0 Å². The van der Waals surface area contributed by atoms with Gasteiger partial charge in [-0.1, -0.05) is 0 Å². The molecule has 2 fully saturated rings. The molecular formula is C19H25N5O3. The first-order valence-corrected chi connectivity index (χ1v) is 9.49. The summed E-state index contributed by atoms with van der Waals surface area (Å²) >= 11 is 0. The van der Waals surface area contributed by atoms with E-state index in [0.29, 0.717) is 11.5 Å². The Bertz CT molecular complexity index is 883. The van der Waals surface area contributed by atoms with Crippen LogP contribution in [0.15, 0.2) is 12.3 Å². The van der Waals surface area contributed by atoms with Crippen LogP contribution in [0.2, 0.25) is 0 Å². The van der Waals surface area contributed by atoms with Gasteiger partial charge in [0.25, 0.3) is 5.91 Å². The van der Waals surface area contributed by atoms with Gasteiger partial charge in [-0.3, -0.25) is 14.5 Å². The molecule has 0 bridgehead atoms. The molecule has 1 amide bonds. The summed E-state index contributed by atoms with van der Waals surface area (Å²) in [4.78, 5) is 30.2. The second-order valence-corrected chi connectivity index (χ2v) is 7.88. The number of amides is 1. The molecule has 2 aliphatic rings. The fraction of sp³-hybridized carbons (Fsp3) is 0.579. The van der Waals surface area contributed by atoms with E-state index < -0.39 is 5.97 Å². The Balaban J connectivity index is 1.37. The van der Waals surface area contributed by atoms with Crippen LogP contribution in [0.4, 0.5) is 0 Å². The van der Waals surface area contributed by atoms with E-state index >= 15 is 0 Å². The zero-order valence-corrected chi connectivity index (χ0v) is 15.7. The first kappa shape index (κ1) is 17.9. The Morgan fingerprint density at radius 3 is 2.74 bits per heavy atom. The number of hydrogen-bond donors (Lipinski definition) is 2. The predicted molar refractivity (Wildman–Crippen MR) is 98.7 cm³/mol. The summed E-state index contributed by atoms with van der Waals surface area (Å²) in [5.74, 6) is -0.283. The summed E-state index contributed by atoms with van der Waals surface area (Å²) < 4.78 is 1.69. The summed E-state index contributed by atoms with van der Waals surface area (Å²) in [5.41, 5.74) is 2.88. The lowest BCUT2D eigenvalue weighted by Crippen LogP contribution is -2.55. The monoisotopic (exact) mass is 371 g/mol. The van der Waals surface area contributed by atoms with Crippen LogP contribution in [0.3, 0.4) is 0 Å². The highest BCUT2D eigenvalue weighted by molar-refractivity contribution is 5.95. The maximum absolute atomic E-state index is 12.7. The number of nitrogens with zero attached hydrogens (tertiary/aromatic N) is 4. The quantitative estimate of drug-likeness (QED) is 0.763. The average molecular weight is 371 g/mol. The molecule has 2 heterocycles. The number of aryl methyl sites for hydroxylation is 2. The van der Waals surface area contributed by atoms with E-state index in [9.17, 15) is 9.59 Å². The number of fused-ring (bicyclic) bond motifs is 1. The largest absolute Gasteiger partial charge is 0.480 e. The maximum atomic E-state index is 12.7. The average Bonchev–Trinajstić information content (AvgIpc) is 3.28. The smallest absolute Gasteiger partial charge is 0.317 e. The number of aromatic nitrogens is 3. The molecule has 0 unspecified atom stereocenters. The van der Waals surface area contributed by atoms with E-state index in [0.717, 1.165) is 36.4 Å². The molecular weight excluding hydrogens is 346 g/mol. The topological polar surface area (TPSA) is 99.8 Å². The minimum absolute atomic E-state index is 0.0763. The molecule has 27 heavy (non-hydrogen) atoms. The first-order chi connectivity index (χ1) is 12.9. The van der Waals surface area contributed by atoms with Gasteiger partial charge in [0.1, 0.15) is 0 Å². The Morgan fingerprint density at radius 2 is 2.07 bits per heavy atom. The fourth-order valence-electron chi connectivity index (χ4n) is 3.80. The van der Waals surface area contributed by atoms with Crippen molar-refractivity contribution in [3.63, 3.8) is 0 Å². The number of rotatable bonds is 7. The van der Waals surface area contributed by atoms with Crippen LogP contribution < -0.4 is 5.32 Å². The Kier molecular flexibility index (Phi) is 4.59. The summed E-state index contributed by atoms with van der Waals surface area (Å²) in [6.45, 7) is 4.70. The van der Waals surface area contributed by atoms with Crippen LogP contribution in [-0.2, 0) is 4.79 Å². The molecule has 0 aromatic carbocycles. The Labute approximate surface area is 157 Å². The van der Waals surface area contributed by atoms with Crippen molar-refractivity contribution < 1.29 is 14.7 Å². The lowest BCUT2D eigenvalue weighted by atomic mass is 9.85. The number of carboxylic acid groups (broad SMARTS) is 1. The molecule has 2 aliphatic carbocycles. The Morgan fingerprint density at radius 1 is 1.33 bits per heavy atom. The molecule has 0 saturated heterocycles. The second kappa shape index (κ2) is 6.92.